The summed E-state index contributed by atoms with van der Waals surface area (Å²) in [5, 5.41) is 4.42. The number of guanidine groups is 1. The summed E-state index contributed by atoms with van der Waals surface area (Å²) < 4.78 is 5.86. The standard InChI is InChI=1S/C20H24Cl2N6O/c21-16-10-13(20(24)26-19(23)27-28-20)11-17(22)18(16)12-3-5-15(6-4-12)29-9-7-14-2-1-8-25-14/h3-6,10-11,14,25,28H,1-2,7-9,24H2,(H3,23,26,27). The molecule has 7 nitrogen and oxygen atoms in total. The molecule has 0 radical (unpaired) electrons. The maximum atomic E-state index is 6.54. The number of hydrogen-bond acceptors (Lipinski definition) is 7. The monoisotopic (exact) mass is 434 g/mol. The Labute approximate surface area is 179 Å². The zero-order valence-electron chi connectivity index (χ0n) is 15.8. The maximum Gasteiger partial charge on any atom is 0.209 e. The minimum absolute atomic E-state index is 0.197. The molecule has 0 bridgehead atoms. The van der Waals surface area contributed by atoms with Crippen LogP contribution in [0.2, 0.25) is 10.0 Å². The van der Waals surface area contributed by atoms with E-state index in [0.29, 0.717) is 28.3 Å². The van der Waals surface area contributed by atoms with Crippen LogP contribution in [0.5, 0.6) is 5.75 Å². The normalized spacial score (nSPS) is 23.7. The van der Waals surface area contributed by atoms with Crippen LogP contribution in [0.3, 0.4) is 0 Å². The van der Waals surface area contributed by atoms with Gasteiger partial charge in [0.15, 0.2) is 0 Å². The van der Waals surface area contributed by atoms with Gasteiger partial charge in [0.1, 0.15) is 5.75 Å². The van der Waals surface area contributed by atoms with Crippen molar-refractivity contribution in [3.05, 3.63) is 52.0 Å². The highest BCUT2D eigenvalue weighted by Gasteiger charge is 2.32. The molecule has 0 spiro atoms. The van der Waals surface area contributed by atoms with Crippen molar-refractivity contribution in [3.8, 4) is 16.9 Å². The predicted molar refractivity (Wildman–Crippen MR) is 117 cm³/mol. The van der Waals surface area contributed by atoms with Crippen LogP contribution in [0.4, 0.5) is 0 Å². The molecule has 2 aromatic carbocycles. The predicted octanol–water partition coefficient (Wildman–Crippen LogP) is 2.67. The van der Waals surface area contributed by atoms with Gasteiger partial charge in [0.25, 0.3) is 0 Å². The Morgan fingerprint density at radius 2 is 1.90 bits per heavy atom. The number of rotatable bonds is 6. The van der Waals surface area contributed by atoms with E-state index in [4.69, 9.17) is 39.4 Å². The molecule has 154 valence electrons. The number of benzene rings is 2. The highest BCUT2D eigenvalue weighted by molar-refractivity contribution is 6.39. The molecule has 0 saturated carbocycles. The van der Waals surface area contributed by atoms with Crippen LogP contribution in [-0.4, -0.2) is 25.2 Å². The summed E-state index contributed by atoms with van der Waals surface area (Å²) in [5.41, 5.74) is 19.6. The fourth-order valence-electron chi connectivity index (χ4n) is 3.65. The van der Waals surface area contributed by atoms with E-state index in [2.05, 4.69) is 21.2 Å². The van der Waals surface area contributed by atoms with Crippen molar-refractivity contribution in [1.29, 1.82) is 0 Å². The Balaban J connectivity index is 1.48. The van der Waals surface area contributed by atoms with Crippen LogP contribution < -0.4 is 32.4 Å². The lowest BCUT2D eigenvalue weighted by Gasteiger charge is -2.22. The third-order valence-corrected chi connectivity index (χ3v) is 5.80. The zero-order chi connectivity index (χ0) is 20.4. The molecule has 4 rings (SSSR count). The minimum Gasteiger partial charge on any atom is -0.494 e. The number of hydrazine groups is 1. The van der Waals surface area contributed by atoms with Gasteiger partial charge >= 0.3 is 0 Å². The van der Waals surface area contributed by atoms with Crippen LogP contribution in [0.15, 0.2) is 41.4 Å². The molecule has 2 atom stereocenters. The van der Waals surface area contributed by atoms with Crippen LogP contribution in [-0.2, 0) is 5.79 Å². The lowest BCUT2D eigenvalue weighted by Crippen LogP contribution is -2.50. The third-order valence-electron chi connectivity index (χ3n) is 5.20. The first kappa shape index (κ1) is 20.3. The van der Waals surface area contributed by atoms with E-state index in [-0.39, 0.29) is 5.96 Å². The van der Waals surface area contributed by atoms with Gasteiger partial charge in [0.2, 0.25) is 11.7 Å². The summed E-state index contributed by atoms with van der Waals surface area (Å²) in [6, 6.07) is 11.8. The molecule has 2 aliphatic rings. The molecule has 29 heavy (non-hydrogen) atoms. The first-order chi connectivity index (χ1) is 13.9. The van der Waals surface area contributed by atoms with Crippen molar-refractivity contribution in [2.75, 3.05) is 13.2 Å². The van der Waals surface area contributed by atoms with E-state index in [1.165, 1.54) is 12.8 Å². The number of aliphatic imine (C=N–C) groups is 1. The average molecular weight is 435 g/mol. The first-order valence-electron chi connectivity index (χ1n) is 9.58. The van der Waals surface area contributed by atoms with Crippen molar-refractivity contribution in [2.24, 2.45) is 16.5 Å². The number of nitrogens with one attached hydrogen (secondary N) is 3. The van der Waals surface area contributed by atoms with Gasteiger partial charge in [0, 0.05) is 17.2 Å². The molecule has 0 aromatic heterocycles. The van der Waals surface area contributed by atoms with E-state index in [9.17, 15) is 0 Å². The smallest absolute Gasteiger partial charge is 0.209 e. The number of nitrogens with zero attached hydrogens (tertiary/aromatic N) is 1. The molecule has 9 heteroatoms. The van der Waals surface area contributed by atoms with Crippen molar-refractivity contribution >= 4 is 29.2 Å². The Morgan fingerprint density at radius 3 is 2.48 bits per heavy atom. The summed E-state index contributed by atoms with van der Waals surface area (Å²) in [6.07, 6.45) is 3.48. The molecule has 1 fully saturated rings. The topological polar surface area (TPSA) is 110 Å². The Bertz CT molecular complexity index is 891. The lowest BCUT2D eigenvalue weighted by atomic mass is 10.0. The fraction of sp³-hybridized carbons (Fsp3) is 0.350. The lowest BCUT2D eigenvalue weighted by molar-refractivity contribution is 0.292. The minimum atomic E-state index is -1.22. The highest BCUT2D eigenvalue weighted by Crippen LogP contribution is 2.38. The van der Waals surface area contributed by atoms with Gasteiger partial charge in [-0.2, -0.15) is 5.43 Å². The van der Waals surface area contributed by atoms with Crippen LogP contribution in [0, 0.1) is 0 Å². The summed E-state index contributed by atoms with van der Waals surface area (Å²) in [5.74, 6) is -0.201. The van der Waals surface area contributed by atoms with E-state index < -0.39 is 5.79 Å². The van der Waals surface area contributed by atoms with Crippen molar-refractivity contribution in [2.45, 2.75) is 31.1 Å². The summed E-state index contributed by atoms with van der Waals surface area (Å²) in [4.78, 5) is 4.16. The number of ether oxygens (including phenoxy) is 1. The third kappa shape index (κ3) is 4.44. The number of halogens is 2. The molecule has 0 amide bonds. The van der Waals surface area contributed by atoms with E-state index in [0.717, 1.165) is 29.8 Å². The van der Waals surface area contributed by atoms with Crippen molar-refractivity contribution in [1.82, 2.24) is 16.2 Å². The van der Waals surface area contributed by atoms with Crippen LogP contribution >= 0.6 is 23.2 Å². The van der Waals surface area contributed by atoms with Gasteiger partial charge in [-0.05, 0) is 55.6 Å². The van der Waals surface area contributed by atoms with Crippen LogP contribution in [0.1, 0.15) is 24.8 Å². The Kier molecular flexibility index (Phi) is 5.85. The average Bonchev–Trinajstić information content (AvgIpc) is 3.32. The summed E-state index contributed by atoms with van der Waals surface area (Å²) in [7, 11) is 0. The first-order valence-corrected chi connectivity index (χ1v) is 10.3. The molecule has 2 heterocycles. The molecule has 2 unspecified atom stereocenters. The molecule has 7 N–H and O–H groups in total. The summed E-state index contributed by atoms with van der Waals surface area (Å²) >= 11 is 13.1. The highest BCUT2D eigenvalue weighted by atomic mass is 35.5. The zero-order valence-corrected chi connectivity index (χ0v) is 17.4. The van der Waals surface area contributed by atoms with Crippen LogP contribution in [0.25, 0.3) is 11.1 Å². The van der Waals surface area contributed by atoms with E-state index in [1.807, 2.05) is 24.3 Å². The van der Waals surface area contributed by atoms with Gasteiger partial charge < -0.3 is 15.8 Å². The van der Waals surface area contributed by atoms with Gasteiger partial charge in [-0.25, -0.2) is 4.99 Å². The van der Waals surface area contributed by atoms with Gasteiger partial charge in [-0.15, -0.1) is 0 Å². The second kappa shape index (κ2) is 8.38. The second-order valence-electron chi connectivity index (χ2n) is 7.28. The molecule has 1 saturated heterocycles. The number of hydrogen-bond donors (Lipinski definition) is 5. The molecular weight excluding hydrogens is 411 g/mol. The Hall–Kier alpha value is -2.03. The van der Waals surface area contributed by atoms with Gasteiger partial charge in [-0.3, -0.25) is 11.2 Å². The number of nitrogens with two attached hydrogens (primary N) is 2. The largest absolute Gasteiger partial charge is 0.494 e. The molecular formula is C20H24Cl2N6O. The van der Waals surface area contributed by atoms with E-state index in [1.54, 1.807) is 12.1 Å². The SMILES string of the molecule is NC1=NC(N)(c2cc(Cl)c(-c3ccc(OCCC4CCCN4)cc3)c(Cl)c2)NN1. The van der Waals surface area contributed by atoms with Gasteiger partial charge in [-0.1, -0.05) is 35.3 Å². The summed E-state index contributed by atoms with van der Waals surface area (Å²) in [6.45, 7) is 1.80. The molecule has 2 aliphatic heterocycles. The maximum absolute atomic E-state index is 6.54. The molecule has 2 aromatic rings. The fourth-order valence-corrected chi connectivity index (χ4v) is 4.36. The van der Waals surface area contributed by atoms with E-state index >= 15 is 0 Å². The quantitative estimate of drug-likeness (QED) is 0.477. The van der Waals surface area contributed by atoms with Crippen molar-refractivity contribution in [3.63, 3.8) is 0 Å². The second-order valence-corrected chi connectivity index (χ2v) is 8.10. The Morgan fingerprint density at radius 1 is 1.17 bits per heavy atom. The van der Waals surface area contributed by atoms with Gasteiger partial charge in [0.05, 0.1) is 16.7 Å². The van der Waals surface area contributed by atoms with Crippen molar-refractivity contribution < 1.29 is 4.74 Å². The molecule has 0 aliphatic carbocycles.